The first-order valence-electron chi connectivity index (χ1n) is 7.56. The highest BCUT2D eigenvalue weighted by Crippen LogP contribution is 2.26. The smallest absolute Gasteiger partial charge is 0.327 e. The van der Waals surface area contributed by atoms with Gasteiger partial charge in [0.1, 0.15) is 17.9 Å². The van der Waals surface area contributed by atoms with E-state index >= 15 is 0 Å². The summed E-state index contributed by atoms with van der Waals surface area (Å²) >= 11 is 0. The zero-order chi connectivity index (χ0) is 15.6. The van der Waals surface area contributed by atoms with Gasteiger partial charge in [0.2, 0.25) is 0 Å². The summed E-state index contributed by atoms with van der Waals surface area (Å²) in [5.74, 6) is 0.326. The molecule has 1 aliphatic rings. The van der Waals surface area contributed by atoms with E-state index in [-0.39, 0.29) is 6.61 Å². The third-order valence-corrected chi connectivity index (χ3v) is 3.96. The van der Waals surface area contributed by atoms with Gasteiger partial charge in [-0.25, -0.2) is 0 Å². The van der Waals surface area contributed by atoms with Gasteiger partial charge in [0, 0.05) is 6.04 Å². The molecule has 4 heteroatoms. The number of aryl methyl sites for hydroxylation is 1. The van der Waals surface area contributed by atoms with Crippen LogP contribution in [0.15, 0.2) is 18.2 Å². The van der Waals surface area contributed by atoms with Gasteiger partial charge < -0.3 is 9.84 Å². The summed E-state index contributed by atoms with van der Waals surface area (Å²) in [6.45, 7) is 8.18. The molecular weight excluding hydrogens is 266 g/mol. The Morgan fingerprint density at radius 3 is 2.62 bits per heavy atom. The van der Waals surface area contributed by atoms with E-state index in [1.54, 1.807) is 6.92 Å². The standard InChI is InChI=1S/C17H25NO3/c1-11(2)15-8-7-14(9-12(15)3)21-10-17(4,16(19)20)18-13-5-6-13/h7-9,11,13,18H,5-6,10H2,1-4H3,(H,19,20). The van der Waals surface area contributed by atoms with Crippen LogP contribution in [-0.4, -0.2) is 29.3 Å². The number of nitrogens with one attached hydrogen (secondary N) is 1. The first kappa shape index (κ1) is 15.8. The molecule has 1 atom stereocenters. The molecule has 1 aliphatic carbocycles. The van der Waals surface area contributed by atoms with Crippen LogP contribution in [0, 0.1) is 6.92 Å². The van der Waals surface area contributed by atoms with Gasteiger partial charge in [-0.3, -0.25) is 10.1 Å². The topological polar surface area (TPSA) is 58.6 Å². The summed E-state index contributed by atoms with van der Waals surface area (Å²) in [4.78, 5) is 11.5. The van der Waals surface area contributed by atoms with Crippen LogP contribution in [0.2, 0.25) is 0 Å². The quantitative estimate of drug-likeness (QED) is 0.810. The second kappa shape index (κ2) is 6.06. The molecule has 2 rings (SSSR count). The molecule has 0 amide bonds. The lowest BCUT2D eigenvalue weighted by Crippen LogP contribution is -2.54. The summed E-state index contributed by atoms with van der Waals surface area (Å²) in [7, 11) is 0. The van der Waals surface area contributed by atoms with Crippen molar-refractivity contribution >= 4 is 5.97 Å². The molecule has 0 spiro atoms. The fourth-order valence-corrected chi connectivity index (χ4v) is 2.46. The number of hydrogen-bond acceptors (Lipinski definition) is 3. The van der Waals surface area contributed by atoms with Gasteiger partial charge >= 0.3 is 5.97 Å². The summed E-state index contributed by atoms with van der Waals surface area (Å²) in [5.41, 5.74) is 1.43. The minimum Gasteiger partial charge on any atom is -0.491 e. The van der Waals surface area contributed by atoms with Crippen molar-refractivity contribution in [1.29, 1.82) is 0 Å². The van der Waals surface area contributed by atoms with Crippen molar-refractivity contribution in [2.24, 2.45) is 0 Å². The Balaban J connectivity index is 2.03. The highest BCUT2D eigenvalue weighted by Gasteiger charge is 2.39. The van der Waals surface area contributed by atoms with Gasteiger partial charge in [-0.15, -0.1) is 0 Å². The molecule has 0 aromatic heterocycles. The molecule has 1 aromatic rings. The lowest BCUT2D eigenvalue weighted by molar-refractivity contribution is -0.145. The predicted octanol–water partition coefficient (Wildman–Crippen LogP) is 3.09. The van der Waals surface area contributed by atoms with Crippen molar-refractivity contribution < 1.29 is 14.6 Å². The molecule has 116 valence electrons. The number of ether oxygens (including phenoxy) is 1. The van der Waals surface area contributed by atoms with Crippen LogP contribution in [-0.2, 0) is 4.79 Å². The van der Waals surface area contributed by atoms with E-state index in [1.807, 2.05) is 12.1 Å². The van der Waals surface area contributed by atoms with Crippen molar-refractivity contribution in [1.82, 2.24) is 5.32 Å². The Labute approximate surface area is 126 Å². The van der Waals surface area contributed by atoms with Gasteiger partial charge in [0.15, 0.2) is 0 Å². The zero-order valence-electron chi connectivity index (χ0n) is 13.3. The van der Waals surface area contributed by atoms with E-state index in [0.717, 1.165) is 18.6 Å². The van der Waals surface area contributed by atoms with Crippen LogP contribution in [0.25, 0.3) is 0 Å². The maximum Gasteiger partial charge on any atom is 0.327 e. The third kappa shape index (κ3) is 3.97. The molecule has 4 nitrogen and oxygen atoms in total. The SMILES string of the molecule is Cc1cc(OCC(C)(NC2CC2)C(=O)O)ccc1C(C)C. The summed E-state index contributed by atoms with van der Waals surface area (Å²) in [5, 5.41) is 12.6. The van der Waals surface area contributed by atoms with Crippen molar-refractivity contribution in [2.75, 3.05) is 6.61 Å². The van der Waals surface area contributed by atoms with E-state index in [1.165, 1.54) is 11.1 Å². The van der Waals surface area contributed by atoms with Gasteiger partial charge in [-0.05, 0) is 55.9 Å². The Bertz CT molecular complexity index is 523. The van der Waals surface area contributed by atoms with Crippen LogP contribution in [0.3, 0.4) is 0 Å². The van der Waals surface area contributed by atoms with Gasteiger partial charge in [-0.1, -0.05) is 19.9 Å². The lowest BCUT2D eigenvalue weighted by Gasteiger charge is -2.26. The van der Waals surface area contributed by atoms with E-state index in [2.05, 4.69) is 32.2 Å². The molecule has 1 saturated carbocycles. The average molecular weight is 291 g/mol. The van der Waals surface area contributed by atoms with Crippen LogP contribution in [0.4, 0.5) is 0 Å². The summed E-state index contributed by atoms with van der Waals surface area (Å²) in [6, 6.07) is 6.28. The van der Waals surface area contributed by atoms with Crippen LogP contribution in [0.1, 0.15) is 50.7 Å². The van der Waals surface area contributed by atoms with Crippen molar-refractivity contribution in [3.05, 3.63) is 29.3 Å². The van der Waals surface area contributed by atoms with Gasteiger partial charge in [0.25, 0.3) is 0 Å². The molecule has 0 saturated heterocycles. The van der Waals surface area contributed by atoms with Crippen molar-refractivity contribution in [3.8, 4) is 5.75 Å². The molecule has 21 heavy (non-hydrogen) atoms. The maximum absolute atomic E-state index is 11.5. The number of carboxylic acids is 1. The lowest BCUT2D eigenvalue weighted by atomic mass is 9.98. The average Bonchev–Trinajstić information content (AvgIpc) is 3.19. The predicted molar refractivity (Wildman–Crippen MR) is 83.0 cm³/mol. The Hall–Kier alpha value is -1.55. The molecule has 0 bridgehead atoms. The number of carbonyl (C=O) groups is 1. The summed E-state index contributed by atoms with van der Waals surface area (Å²) < 4.78 is 5.73. The molecular formula is C17H25NO3. The van der Waals surface area contributed by atoms with Crippen LogP contribution >= 0.6 is 0 Å². The van der Waals surface area contributed by atoms with E-state index in [4.69, 9.17) is 4.74 Å². The van der Waals surface area contributed by atoms with Crippen LogP contribution < -0.4 is 10.1 Å². The molecule has 0 heterocycles. The molecule has 1 unspecified atom stereocenters. The van der Waals surface area contributed by atoms with Gasteiger partial charge in [0.05, 0.1) is 0 Å². The second-order valence-corrected chi connectivity index (χ2v) is 6.52. The van der Waals surface area contributed by atoms with E-state index in [0.29, 0.717) is 12.0 Å². The highest BCUT2D eigenvalue weighted by molar-refractivity contribution is 5.78. The van der Waals surface area contributed by atoms with Crippen LogP contribution in [0.5, 0.6) is 5.75 Å². The molecule has 2 N–H and O–H groups in total. The Kier molecular flexibility index (Phi) is 4.57. The molecule has 1 aromatic carbocycles. The number of benzene rings is 1. The first-order chi connectivity index (χ1) is 9.82. The van der Waals surface area contributed by atoms with E-state index < -0.39 is 11.5 Å². The third-order valence-electron chi connectivity index (χ3n) is 3.96. The van der Waals surface area contributed by atoms with Crippen molar-refractivity contribution in [3.63, 3.8) is 0 Å². The first-order valence-corrected chi connectivity index (χ1v) is 7.56. The normalized spacial score (nSPS) is 17.6. The minimum absolute atomic E-state index is 0.124. The monoisotopic (exact) mass is 291 g/mol. The van der Waals surface area contributed by atoms with E-state index in [9.17, 15) is 9.90 Å². The second-order valence-electron chi connectivity index (χ2n) is 6.52. The zero-order valence-corrected chi connectivity index (χ0v) is 13.3. The Morgan fingerprint density at radius 2 is 2.14 bits per heavy atom. The number of hydrogen-bond donors (Lipinski definition) is 2. The van der Waals surface area contributed by atoms with Gasteiger partial charge in [-0.2, -0.15) is 0 Å². The Morgan fingerprint density at radius 1 is 1.48 bits per heavy atom. The number of carboxylic acid groups (broad SMARTS) is 1. The number of rotatable bonds is 7. The molecule has 0 aliphatic heterocycles. The number of aliphatic carboxylic acids is 1. The highest BCUT2D eigenvalue weighted by atomic mass is 16.5. The minimum atomic E-state index is -1.04. The molecule has 0 radical (unpaired) electrons. The fourth-order valence-electron chi connectivity index (χ4n) is 2.46. The molecule has 1 fully saturated rings. The summed E-state index contributed by atoms with van der Waals surface area (Å²) in [6.07, 6.45) is 2.09. The largest absolute Gasteiger partial charge is 0.491 e. The fraction of sp³-hybridized carbons (Fsp3) is 0.588. The van der Waals surface area contributed by atoms with Crippen molar-refractivity contribution in [2.45, 2.75) is 58.0 Å². The maximum atomic E-state index is 11.5.